The van der Waals surface area contributed by atoms with Gasteiger partial charge in [0, 0.05) is 18.6 Å². The van der Waals surface area contributed by atoms with Crippen LogP contribution in [0.2, 0.25) is 0 Å². The molecule has 1 heterocycles. The van der Waals surface area contributed by atoms with E-state index in [1.54, 1.807) is 0 Å². The van der Waals surface area contributed by atoms with Crippen LogP contribution in [-0.2, 0) is 52.3 Å². The van der Waals surface area contributed by atoms with Gasteiger partial charge in [0.25, 0.3) is 11.8 Å². The molecule has 0 saturated heterocycles. The maximum atomic E-state index is 11.8. The summed E-state index contributed by atoms with van der Waals surface area (Å²) in [6, 6.07) is 0. The van der Waals surface area contributed by atoms with Gasteiger partial charge in [-0.2, -0.15) is 0 Å². The zero-order chi connectivity index (χ0) is 34.6. The first kappa shape index (κ1) is 44.1. The predicted molar refractivity (Wildman–Crippen MR) is 183 cm³/mol. The number of unbranched alkanes of at least 4 members (excludes halogenated alkanes) is 12. The third-order valence-electron chi connectivity index (χ3n) is 7.57. The summed E-state index contributed by atoms with van der Waals surface area (Å²) >= 11 is 0. The van der Waals surface area contributed by atoms with Crippen LogP contribution in [-0.4, -0.2) is 128 Å². The number of carbonyl (C=O) groups excluding carboxylic acids is 3. The highest BCUT2D eigenvalue weighted by molar-refractivity contribution is 6.12. The number of imide groups is 1. The number of carbonyl (C=O) groups is 3. The zero-order valence-electron chi connectivity index (χ0n) is 29.8. The quantitative estimate of drug-likeness (QED) is 0.0491. The molecule has 0 aromatic rings. The van der Waals surface area contributed by atoms with Crippen molar-refractivity contribution in [3.05, 3.63) is 12.2 Å². The molecular weight excluding hydrogens is 622 g/mol. The molecule has 0 aliphatic carbocycles. The first-order chi connectivity index (χ1) is 23.6. The van der Waals surface area contributed by atoms with Gasteiger partial charge < -0.3 is 37.9 Å². The number of hydrogen-bond acceptors (Lipinski definition) is 11. The van der Waals surface area contributed by atoms with E-state index in [2.05, 4.69) is 6.92 Å². The van der Waals surface area contributed by atoms with E-state index in [1.807, 2.05) is 0 Å². The summed E-state index contributed by atoms with van der Waals surface area (Å²) in [5.74, 6) is -0.750. The lowest BCUT2D eigenvalue weighted by Crippen LogP contribution is -2.33. The second kappa shape index (κ2) is 34.9. The summed E-state index contributed by atoms with van der Waals surface area (Å²) in [6.45, 7) is 8.86. The Morgan fingerprint density at radius 3 is 1.15 bits per heavy atom. The van der Waals surface area contributed by atoms with Gasteiger partial charge in [0.1, 0.15) is 6.61 Å². The third kappa shape index (κ3) is 29.0. The van der Waals surface area contributed by atoms with Crippen molar-refractivity contribution in [3.8, 4) is 0 Å². The topological polar surface area (TPSA) is 128 Å². The van der Waals surface area contributed by atoms with E-state index in [9.17, 15) is 14.4 Å². The van der Waals surface area contributed by atoms with Crippen molar-refractivity contribution in [2.24, 2.45) is 0 Å². The Labute approximate surface area is 289 Å². The minimum Gasteiger partial charge on any atom is -0.463 e. The molecule has 0 atom stereocenters. The molecule has 0 spiro atoms. The fourth-order valence-corrected chi connectivity index (χ4v) is 4.80. The van der Waals surface area contributed by atoms with Crippen molar-refractivity contribution >= 4 is 17.8 Å². The Morgan fingerprint density at radius 2 is 0.771 bits per heavy atom. The summed E-state index contributed by atoms with van der Waals surface area (Å²) in [5, 5.41) is 0. The Hall–Kier alpha value is -1.93. The molecule has 48 heavy (non-hydrogen) atoms. The van der Waals surface area contributed by atoms with Crippen molar-refractivity contribution in [2.75, 3.05) is 106 Å². The molecule has 0 N–H and O–H groups in total. The number of nitrogens with zero attached hydrogens (tertiary/aromatic N) is 1. The van der Waals surface area contributed by atoms with Crippen molar-refractivity contribution in [1.82, 2.24) is 4.90 Å². The van der Waals surface area contributed by atoms with Gasteiger partial charge in [-0.1, -0.05) is 84.0 Å². The van der Waals surface area contributed by atoms with E-state index < -0.39 is 0 Å². The highest BCUT2D eigenvalue weighted by Crippen LogP contribution is 2.13. The lowest BCUT2D eigenvalue weighted by atomic mass is 10.0. The molecule has 1 rings (SSSR count). The minimum absolute atomic E-state index is 0.139. The van der Waals surface area contributed by atoms with Crippen LogP contribution in [0.3, 0.4) is 0 Å². The molecule has 1 aliphatic rings. The second-order valence-corrected chi connectivity index (χ2v) is 11.7. The molecule has 0 saturated carbocycles. The smallest absolute Gasteiger partial charge is 0.305 e. The first-order valence-corrected chi connectivity index (χ1v) is 18.4. The lowest BCUT2D eigenvalue weighted by molar-refractivity contribution is -0.145. The van der Waals surface area contributed by atoms with Gasteiger partial charge in [0.2, 0.25) is 0 Å². The molecule has 12 nitrogen and oxygen atoms in total. The Bertz CT molecular complexity index is 778. The van der Waals surface area contributed by atoms with E-state index in [0.717, 1.165) is 17.7 Å². The van der Waals surface area contributed by atoms with Crippen LogP contribution in [0.5, 0.6) is 0 Å². The fourth-order valence-electron chi connectivity index (χ4n) is 4.80. The Morgan fingerprint density at radius 1 is 0.458 bits per heavy atom. The van der Waals surface area contributed by atoms with E-state index in [0.29, 0.717) is 92.3 Å². The minimum atomic E-state index is -0.306. The van der Waals surface area contributed by atoms with Gasteiger partial charge >= 0.3 is 5.97 Å². The number of rotatable bonds is 38. The predicted octanol–water partition coefficient (Wildman–Crippen LogP) is 5.05. The summed E-state index contributed by atoms with van der Waals surface area (Å²) in [4.78, 5) is 35.8. The summed E-state index contributed by atoms with van der Waals surface area (Å²) in [5.41, 5.74) is 0. The summed E-state index contributed by atoms with van der Waals surface area (Å²) in [6.07, 6.45) is 19.8. The van der Waals surface area contributed by atoms with Gasteiger partial charge in [-0.3, -0.25) is 19.3 Å². The number of esters is 1. The molecule has 0 bridgehead atoms. The van der Waals surface area contributed by atoms with Crippen molar-refractivity contribution < 1.29 is 52.3 Å². The molecule has 0 fully saturated rings. The van der Waals surface area contributed by atoms with Crippen molar-refractivity contribution in [2.45, 2.75) is 96.8 Å². The molecule has 0 aromatic carbocycles. The Kier molecular flexibility index (Phi) is 32.1. The monoisotopic (exact) mass is 687 g/mol. The van der Waals surface area contributed by atoms with Crippen LogP contribution in [0.25, 0.3) is 0 Å². The molecule has 1 aliphatic heterocycles. The number of hydrogen-bond donors (Lipinski definition) is 0. The van der Waals surface area contributed by atoms with Crippen LogP contribution in [0.1, 0.15) is 96.8 Å². The van der Waals surface area contributed by atoms with E-state index in [-0.39, 0.29) is 37.5 Å². The second-order valence-electron chi connectivity index (χ2n) is 11.7. The van der Waals surface area contributed by atoms with Crippen LogP contribution in [0.4, 0.5) is 0 Å². The zero-order valence-corrected chi connectivity index (χ0v) is 29.8. The molecular formula is C36H65NO11. The van der Waals surface area contributed by atoms with Gasteiger partial charge in [0.15, 0.2) is 0 Å². The normalized spacial score (nSPS) is 12.9. The van der Waals surface area contributed by atoms with Crippen molar-refractivity contribution in [1.29, 1.82) is 0 Å². The van der Waals surface area contributed by atoms with Crippen molar-refractivity contribution in [3.63, 3.8) is 0 Å². The van der Waals surface area contributed by atoms with Crippen LogP contribution >= 0.6 is 0 Å². The molecule has 2 amide bonds. The van der Waals surface area contributed by atoms with Gasteiger partial charge in [-0.05, 0) is 6.42 Å². The first-order valence-electron chi connectivity index (χ1n) is 18.4. The molecule has 12 heteroatoms. The Balaban J connectivity index is 1.66. The number of amides is 2. The van der Waals surface area contributed by atoms with Gasteiger partial charge in [-0.25, -0.2) is 0 Å². The lowest BCUT2D eigenvalue weighted by Gasteiger charge is -2.13. The highest BCUT2D eigenvalue weighted by Gasteiger charge is 2.22. The highest BCUT2D eigenvalue weighted by atomic mass is 16.6. The van der Waals surface area contributed by atoms with E-state index in [1.165, 1.54) is 82.8 Å². The van der Waals surface area contributed by atoms with E-state index >= 15 is 0 Å². The maximum absolute atomic E-state index is 11.8. The third-order valence-corrected chi connectivity index (χ3v) is 7.57. The molecule has 0 radical (unpaired) electrons. The van der Waals surface area contributed by atoms with Gasteiger partial charge in [-0.15, -0.1) is 0 Å². The van der Waals surface area contributed by atoms with Crippen LogP contribution in [0.15, 0.2) is 12.2 Å². The average molecular weight is 688 g/mol. The molecule has 0 aromatic heterocycles. The largest absolute Gasteiger partial charge is 0.463 e. The van der Waals surface area contributed by atoms with Crippen LogP contribution in [0, 0.1) is 0 Å². The SMILES string of the molecule is CCCCCCCCCCCCCCCC(=O)OCCOCCOCCOCCOCCOCCOCCOCCN1C(=O)C=CC1=O. The van der Waals surface area contributed by atoms with Crippen LogP contribution < -0.4 is 0 Å². The van der Waals surface area contributed by atoms with Gasteiger partial charge in [0.05, 0.1) is 99.0 Å². The summed E-state index contributed by atoms with van der Waals surface area (Å²) in [7, 11) is 0. The maximum Gasteiger partial charge on any atom is 0.305 e. The summed E-state index contributed by atoms with van der Waals surface area (Å²) < 4.78 is 43.3. The molecule has 0 unspecified atom stereocenters. The standard InChI is InChI=1S/C36H65NO11/c1-2-3-4-5-6-7-8-9-10-11-12-13-14-15-36(40)48-33-32-47-31-30-46-29-28-45-27-26-44-25-24-43-23-22-42-21-20-41-19-18-37-34(38)16-17-35(37)39/h16-17H,2-15,18-33H2,1H3. The number of ether oxygens (including phenoxy) is 8. The fraction of sp³-hybridized carbons (Fsp3) is 0.861. The molecule has 280 valence electrons. The average Bonchev–Trinajstić information content (AvgIpc) is 3.41. The van der Waals surface area contributed by atoms with E-state index in [4.69, 9.17) is 37.9 Å².